The molecule has 1 aromatic heterocycles. The number of hydrogen-bond acceptors (Lipinski definition) is 3. The molecule has 13 heavy (non-hydrogen) atoms. The number of carbonyl (C=O) groups excluding carboxylic acids is 1. The van der Waals surface area contributed by atoms with Gasteiger partial charge in [-0.1, -0.05) is 0 Å². The first-order valence-corrected chi connectivity index (χ1v) is 3.99. The smallest absolute Gasteiger partial charge is 0.338 e. The molecule has 1 heterocycles. The van der Waals surface area contributed by atoms with Gasteiger partial charge in [0.2, 0.25) is 0 Å². The monoisotopic (exact) mass is 181 g/mol. The van der Waals surface area contributed by atoms with Crippen LogP contribution in [0.2, 0.25) is 0 Å². The Labute approximate surface area is 76.3 Å². The Bertz CT molecular complexity index is 292. The van der Waals surface area contributed by atoms with Crippen LogP contribution in [-0.2, 0) is 4.74 Å². The molecule has 0 atom stereocenters. The second kappa shape index (κ2) is 3.89. The number of rotatable bonds is 2. The van der Waals surface area contributed by atoms with E-state index >= 15 is 0 Å². The van der Waals surface area contributed by atoms with Gasteiger partial charge in [0.1, 0.15) is 0 Å². The molecular weight excluding hydrogens is 170 g/mol. The molecule has 4 nitrogen and oxygen atoms in total. The Hall–Kier alpha value is -1.58. The fourth-order valence-corrected chi connectivity index (χ4v) is 0.831. The zero-order chi connectivity index (χ0) is 9.84. The van der Waals surface area contributed by atoms with Crippen LogP contribution in [-0.4, -0.2) is 12.1 Å². The third kappa shape index (κ3) is 2.74. The van der Waals surface area contributed by atoms with E-state index in [4.69, 9.17) is 4.74 Å². The SMILES string of the molecule is CC(C)OC(=O)c1cc[n+]([O-])cc1. The zero-order valence-electron chi connectivity index (χ0n) is 7.56. The molecule has 1 aromatic rings. The van der Waals surface area contributed by atoms with Crippen molar-refractivity contribution >= 4 is 5.97 Å². The van der Waals surface area contributed by atoms with Gasteiger partial charge in [-0.2, -0.15) is 4.73 Å². The minimum absolute atomic E-state index is 0.146. The normalized spacial score (nSPS) is 10.1. The van der Waals surface area contributed by atoms with Crippen molar-refractivity contribution in [2.75, 3.05) is 0 Å². The van der Waals surface area contributed by atoms with Crippen molar-refractivity contribution in [2.24, 2.45) is 0 Å². The van der Waals surface area contributed by atoms with E-state index in [0.717, 1.165) is 0 Å². The van der Waals surface area contributed by atoms with Crippen LogP contribution in [0, 0.1) is 5.21 Å². The third-order valence-electron chi connectivity index (χ3n) is 1.38. The van der Waals surface area contributed by atoms with Crippen LogP contribution in [0.15, 0.2) is 24.5 Å². The summed E-state index contributed by atoms with van der Waals surface area (Å²) in [7, 11) is 0. The number of carbonyl (C=O) groups is 1. The van der Waals surface area contributed by atoms with Crippen LogP contribution < -0.4 is 4.73 Å². The first-order valence-electron chi connectivity index (χ1n) is 3.99. The van der Waals surface area contributed by atoms with E-state index in [-0.39, 0.29) is 6.10 Å². The lowest BCUT2D eigenvalue weighted by atomic mass is 10.3. The molecule has 0 saturated heterocycles. The van der Waals surface area contributed by atoms with Crippen LogP contribution in [0.1, 0.15) is 24.2 Å². The van der Waals surface area contributed by atoms with Gasteiger partial charge in [0.05, 0.1) is 11.7 Å². The maximum atomic E-state index is 11.2. The van der Waals surface area contributed by atoms with Crippen molar-refractivity contribution in [3.8, 4) is 0 Å². The minimum Gasteiger partial charge on any atom is -0.619 e. The Kier molecular flexibility index (Phi) is 2.84. The number of esters is 1. The topological polar surface area (TPSA) is 53.2 Å². The maximum Gasteiger partial charge on any atom is 0.338 e. The number of hydrogen-bond donors (Lipinski definition) is 0. The lowest BCUT2D eigenvalue weighted by molar-refractivity contribution is -0.605. The Morgan fingerprint density at radius 3 is 2.46 bits per heavy atom. The molecule has 0 unspecified atom stereocenters. The summed E-state index contributed by atoms with van der Waals surface area (Å²) in [6.07, 6.45) is 2.38. The Balaban J connectivity index is 2.72. The second-order valence-corrected chi connectivity index (χ2v) is 2.90. The van der Waals surface area contributed by atoms with E-state index < -0.39 is 5.97 Å². The number of pyridine rings is 1. The summed E-state index contributed by atoms with van der Waals surface area (Å²) < 4.78 is 5.54. The highest BCUT2D eigenvalue weighted by Gasteiger charge is 2.09. The molecule has 0 aliphatic rings. The van der Waals surface area contributed by atoms with Crippen LogP contribution in [0.5, 0.6) is 0 Å². The highest BCUT2D eigenvalue weighted by molar-refractivity contribution is 5.89. The van der Waals surface area contributed by atoms with E-state index in [1.807, 2.05) is 0 Å². The van der Waals surface area contributed by atoms with Crippen LogP contribution >= 0.6 is 0 Å². The molecule has 70 valence electrons. The fourth-order valence-electron chi connectivity index (χ4n) is 0.831. The lowest BCUT2D eigenvalue weighted by Gasteiger charge is -2.06. The van der Waals surface area contributed by atoms with Crippen LogP contribution in [0.3, 0.4) is 0 Å². The Morgan fingerprint density at radius 2 is 2.00 bits per heavy atom. The first-order chi connectivity index (χ1) is 6.09. The van der Waals surface area contributed by atoms with Gasteiger partial charge in [-0.25, -0.2) is 4.79 Å². The number of aromatic nitrogens is 1. The molecular formula is C9H11NO3. The third-order valence-corrected chi connectivity index (χ3v) is 1.38. The van der Waals surface area contributed by atoms with Gasteiger partial charge in [0.25, 0.3) is 0 Å². The average Bonchev–Trinajstić information content (AvgIpc) is 2.04. The summed E-state index contributed by atoms with van der Waals surface area (Å²) in [5.41, 5.74) is 0.390. The van der Waals surface area contributed by atoms with Crippen LogP contribution in [0.4, 0.5) is 0 Å². The van der Waals surface area contributed by atoms with Crippen molar-refractivity contribution in [3.63, 3.8) is 0 Å². The van der Waals surface area contributed by atoms with Gasteiger partial charge in [0.15, 0.2) is 12.4 Å². The summed E-state index contributed by atoms with van der Waals surface area (Å²) >= 11 is 0. The highest BCUT2D eigenvalue weighted by atomic mass is 16.5. The summed E-state index contributed by atoms with van der Waals surface area (Å²) in [5.74, 6) is -0.407. The second-order valence-electron chi connectivity index (χ2n) is 2.90. The molecule has 0 aromatic carbocycles. The molecule has 0 aliphatic carbocycles. The average molecular weight is 181 g/mol. The van der Waals surface area contributed by atoms with E-state index in [9.17, 15) is 10.0 Å². The van der Waals surface area contributed by atoms with Crippen LogP contribution in [0.25, 0.3) is 0 Å². The molecule has 1 rings (SSSR count). The zero-order valence-corrected chi connectivity index (χ0v) is 7.56. The molecule has 0 aliphatic heterocycles. The first kappa shape index (κ1) is 9.51. The predicted molar refractivity (Wildman–Crippen MR) is 46.0 cm³/mol. The molecule has 0 N–H and O–H groups in total. The highest BCUT2D eigenvalue weighted by Crippen LogP contribution is 2.00. The van der Waals surface area contributed by atoms with Gasteiger partial charge in [-0.3, -0.25) is 0 Å². The molecule has 4 heteroatoms. The van der Waals surface area contributed by atoms with E-state index in [0.29, 0.717) is 10.3 Å². The van der Waals surface area contributed by atoms with Gasteiger partial charge in [0, 0.05) is 12.1 Å². The fraction of sp³-hybridized carbons (Fsp3) is 0.333. The van der Waals surface area contributed by atoms with E-state index in [2.05, 4.69) is 0 Å². The van der Waals surface area contributed by atoms with E-state index in [1.165, 1.54) is 24.5 Å². The largest absolute Gasteiger partial charge is 0.619 e. The molecule has 0 radical (unpaired) electrons. The molecule has 0 saturated carbocycles. The molecule has 0 spiro atoms. The quantitative estimate of drug-likeness (QED) is 0.386. The van der Waals surface area contributed by atoms with Crippen molar-refractivity contribution < 1.29 is 14.3 Å². The van der Waals surface area contributed by atoms with Gasteiger partial charge in [-0.05, 0) is 13.8 Å². The Morgan fingerprint density at radius 1 is 1.46 bits per heavy atom. The van der Waals surface area contributed by atoms with Crippen molar-refractivity contribution in [1.29, 1.82) is 0 Å². The summed E-state index contributed by atoms with van der Waals surface area (Å²) in [6.45, 7) is 3.54. The van der Waals surface area contributed by atoms with Crippen molar-refractivity contribution in [3.05, 3.63) is 35.3 Å². The number of nitrogens with zero attached hydrogens (tertiary/aromatic N) is 1. The minimum atomic E-state index is -0.407. The molecule has 0 bridgehead atoms. The van der Waals surface area contributed by atoms with Gasteiger partial charge in [-0.15, -0.1) is 0 Å². The van der Waals surface area contributed by atoms with Gasteiger partial charge < -0.3 is 9.94 Å². The van der Waals surface area contributed by atoms with E-state index in [1.54, 1.807) is 13.8 Å². The number of ether oxygens (including phenoxy) is 1. The van der Waals surface area contributed by atoms with Crippen molar-refractivity contribution in [1.82, 2.24) is 0 Å². The molecule has 0 fully saturated rings. The summed E-state index contributed by atoms with van der Waals surface area (Å²) in [4.78, 5) is 11.2. The summed E-state index contributed by atoms with van der Waals surface area (Å²) in [5, 5.41) is 10.6. The summed E-state index contributed by atoms with van der Waals surface area (Å²) in [6, 6.07) is 2.86. The standard InChI is InChI=1S/C9H11NO3/c1-7(2)13-9(11)8-3-5-10(12)6-4-8/h3-7H,1-2H3. The molecule has 0 amide bonds. The van der Waals surface area contributed by atoms with Crippen molar-refractivity contribution in [2.45, 2.75) is 20.0 Å². The van der Waals surface area contributed by atoms with Gasteiger partial charge >= 0.3 is 5.97 Å². The predicted octanol–water partition coefficient (Wildman–Crippen LogP) is 0.885. The maximum absolute atomic E-state index is 11.2. The lowest BCUT2D eigenvalue weighted by Crippen LogP contribution is -2.24.